The lowest BCUT2D eigenvalue weighted by atomic mass is 10.1. The number of rotatable bonds is 9. The monoisotopic (exact) mass is 398 g/mol. The van der Waals surface area contributed by atoms with Gasteiger partial charge in [0.25, 0.3) is 5.91 Å². The molecule has 1 rings (SSSR count). The summed E-state index contributed by atoms with van der Waals surface area (Å²) < 4.78 is 31.7. The van der Waals surface area contributed by atoms with E-state index >= 15 is 0 Å². The topological polar surface area (TPSA) is 92.8 Å². The van der Waals surface area contributed by atoms with Crippen molar-refractivity contribution < 1.29 is 22.7 Å². The van der Waals surface area contributed by atoms with E-state index in [-0.39, 0.29) is 22.4 Å². The van der Waals surface area contributed by atoms with E-state index in [0.29, 0.717) is 18.7 Å². The number of hydrogen-bond donors (Lipinski definition) is 1. The molecule has 27 heavy (non-hydrogen) atoms. The van der Waals surface area contributed by atoms with Crippen LogP contribution >= 0.6 is 0 Å². The lowest BCUT2D eigenvalue weighted by molar-refractivity contribution is -0.125. The Hall–Kier alpha value is -1.93. The van der Waals surface area contributed by atoms with E-state index in [2.05, 4.69) is 5.32 Å². The normalized spacial score (nSPS) is 12.9. The van der Waals surface area contributed by atoms with Gasteiger partial charge < -0.3 is 10.1 Å². The zero-order valence-electron chi connectivity index (χ0n) is 16.9. The average molecular weight is 399 g/mol. The van der Waals surface area contributed by atoms with Gasteiger partial charge in [0.2, 0.25) is 10.0 Å². The summed E-state index contributed by atoms with van der Waals surface area (Å²) in [6.07, 6.45) is 0. The van der Waals surface area contributed by atoms with Gasteiger partial charge in [-0.15, -0.1) is 0 Å². The summed E-state index contributed by atoms with van der Waals surface area (Å²) in [7, 11) is -3.68. The van der Waals surface area contributed by atoms with Crippen LogP contribution in [0.4, 0.5) is 0 Å². The number of amides is 1. The Morgan fingerprint density at radius 1 is 1.15 bits per heavy atom. The first-order valence-electron chi connectivity index (χ1n) is 9.11. The number of ether oxygens (including phenoxy) is 1. The molecule has 1 aromatic carbocycles. The Kier molecular flexibility index (Phi) is 8.43. The molecule has 0 unspecified atom stereocenters. The van der Waals surface area contributed by atoms with Crippen LogP contribution in [0.25, 0.3) is 0 Å². The van der Waals surface area contributed by atoms with Crippen LogP contribution in [0.3, 0.4) is 0 Å². The third-order valence-electron chi connectivity index (χ3n) is 4.50. The molecule has 7 nitrogen and oxygen atoms in total. The van der Waals surface area contributed by atoms with Crippen molar-refractivity contribution in [3.8, 4) is 0 Å². The molecule has 0 fully saturated rings. The quantitative estimate of drug-likeness (QED) is 0.645. The Morgan fingerprint density at radius 2 is 1.74 bits per heavy atom. The van der Waals surface area contributed by atoms with E-state index in [1.54, 1.807) is 26.8 Å². The van der Waals surface area contributed by atoms with Gasteiger partial charge >= 0.3 is 5.97 Å². The molecule has 152 valence electrons. The zero-order valence-corrected chi connectivity index (χ0v) is 17.7. The van der Waals surface area contributed by atoms with Gasteiger partial charge in [0.15, 0.2) is 6.61 Å². The summed E-state index contributed by atoms with van der Waals surface area (Å²) in [5, 5.41) is 2.75. The smallest absolute Gasteiger partial charge is 0.338 e. The van der Waals surface area contributed by atoms with E-state index in [0.717, 1.165) is 0 Å². The number of nitrogens with one attached hydrogen (secondary N) is 1. The first-order valence-corrected chi connectivity index (χ1v) is 10.6. The minimum absolute atomic E-state index is 0.0293. The second-order valence-electron chi connectivity index (χ2n) is 6.74. The van der Waals surface area contributed by atoms with Crippen LogP contribution in [-0.4, -0.2) is 50.3 Å². The number of aryl methyl sites for hydroxylation is 1. The molecular weight excluding hydrogens is 368 g/mol. The SMILES string of the molecule is CCN(CC)S(=O)(=O)c1ccc(C)c(C(=O)OCC(=O)N[C@H](C)C(C)C)c1. The first kappa shape index (κ1) is 23.1. The molecule has 0 saturated carbocycles. The maximum Gasteiger partial charge on any atom is 0.338 e. The van der Waals surface area contributed by atoms with Gasteiger partial charge in [-0.05, 0) is 37.5 Å². The summed E-state index contributed by atoms with van der Waals surface area (Å²) >= 11 is 0. The fraction of sp³-hybridized carbons (Fsp3) is 0.579. The largest absolute Gasteiger partial charge is 0.452 e. The number of carbonyl (C=O) groups excluding carboxylic acids is 2. The van der Waals surface area contributed by atoms with Crippen LogP contribution in [0.1, 0.15) is 50.5 Å². The third-order valence-corrected chi connectivity index (χ3v) is 6.54. The molecular formula is C19H30N2O5S. The van der Waals surface area contributed by atoms with Crippen LogP contribution in [0.5, 0.6) is 0 Å². The molecule has 1 atom stereocenters. The molecule has 1 N–H and O–H groups in total. The summed E-state index contributed by atoms with van der Waals surface area (Å²) in [4.78, 5) is 24.3. The van der Waals surface area contributed by atoms with Crippen molar-refractivity contribution in [3.05, 3.63) is 29.3 Å². The number of sulfonamides is 1. The number of carbonyl (C=O) groups is 2. The summed E-state index contributed by atoms with van der Waals surface area (Å²) in [6, 6.07) is 4.30. The minimum atomic E-state index is -3.68. The van der Waals surface area contributed by atoms with Crippen LogP contribution in [0.2, 0.25) is 0 Å². The van der Waals surface area contributed by atoms with E-state index < -0.39 is 28.5 Å². The predicted molar refractivity (Wildman–Crippen MR) is 104 cm³/mol. The Bertz CT molecular complexity index is 770. The van der Waals surface area contributed by atoms with Gasteiger partial charge in [-0.25, -0.2) is 13.2 Å². The molecule has 0 spiro atoms. The lowest BCUT2D eigenvalue weighted by Gasteiger charge is -2.19. The van der Waals surface area contributed by atoms with Gasteiger partial charge in [-0.1, -0.05) is 33.8 Å². The summed E-state index contributed by atoms with van der Waals surface area (Å²) in [5.41, 5.74) is 0.711. The Labute approximate surface area is 162 Å². The van der Waals surface area contributed by atoms with Crippen molar-refractivity contribution in [2.45, 2.75) is 52.5 Å². The highest BCUT2D eigenvalue weighted by molar-refractivity contribution is 7.89. The lowest BCUT2D eigenvalue weighted by Crippen LogP contribution is -2.38. The number of hydrogen-bond acceptors (Lipinski definition) is 5. The molecule has 0 radical (unpaired) electrons. The second-order valence-corrected chi connectivity index (χ2v) is 8.68. The molecule has 0 aliphatic rings. The maximum atomic E-state index is 12.6. The summed E-state index contributed by atoms with van der Waals surface area (Å²) in [6.45, 7) is 11.3. The highest BCUT2D eigenvalue weighted by Crippen LogP contribution is 2.20. The number of nitrogens with zero attached hydrogens (tertiary/aromatic N) is 1. The molecule has 0 aromatic heterocycles. The molecule has 0 aliphatic carbocycles. The standard InChI is InChI=1S/C19H30N2O5S/c1-7-21(8-2)27(24,25)16-10-9-14(5)17(11-16)19(23)26-12-18(22)20-15(6)13(3)4/h9-11,13,15H,7-8,12H2,1-6H3,(H,20,22)/t15-/m1/s1. The van der Waals surface area contributed by atoms with E-state index in [1.807, 2.05) is 20.8 Å². The van der Waals surface area contributed by atoms with E-state index in [1.165, 1.54) is 16.4 Å². The van der Waals surface area contributed by atoms with Crippen molar-refractivity contribution in [3.63, 3.8) is 0 Å². The molecule has 0 bridgehead atoms. The molecule has 1 aromatic rings. The van der Waals surface area contributed by atoms with Crippen molar-refractivity contribution in [2.24, 2.45) is 5.92 Å². The fourth-order valence-corrected chi connectivity index (χ4v) is 3.85. The molecule has 0 aliphatic heterocycles. The van der Waals surface area contributed by atoms with E-state index in [4.69, 9.17) is 4.74 Å². The van der Waals surface area contributed by atoms with Crippen molar-refractivity contribution >= 4 is 21.9 Å². The zero-order chi connectivity index (χ0) is 20.8. The third kappa shape index (κ3) is 6.04. The molecule has 8 heteroatoms. The van der Waals surface area contributed by atoms with Gasteiger partial charge in [-0.3, -0.25) is 4.79 Å². The average Bonchev–Trinajstić information content (AvgIpc) is 2.60. The molecule has 0 heterocycles. The van der Waals surface area contributed by atoms with Gasteiger partial charge in [0, 0.05) is 19.1 Å². The van der Waals surface area contributed by atoms with Crippen LogP contribution in [0, 0.1) is 12.8 Å². The van der Waals surface area contributed by atoms with E-state index in [9.17, 15) is 18.0 Å². The Morgan fingerprint density at radius 3 is 2.26 bits per heavy atom. The van der Waals surface area contributed by atoms with Crippen molar-refractivity contribution in [2.75, 3.05) is 19.7 Å². The van der Waals surface area contributed by atoms with Crippen LogP contribution in [0.15, 0.2) is 23.1 Å². The van der Waals surface area contributed by atoms with Gasteiger partial charge in [0.05, 0.1) is 10.5 Å². The van der Waals surface area contributed by atoms with Crippen LogP contribution in [-0.2, 0) is 19.6 Å². The fourth-order valence-electron chi connectivity index (χ4n) is 2.37. The molecule has 0 saturated heterocycles. The summed E-state index contributed by atoms with van der Waals surface area (Å²) in [5.74, 6) is -0.862. The number of esters is 1. The maximum absolute atomic E-state index is 12.6. The second kappa shape index (κ2) is 9.85. The molecule has 1 amide bonds. The van der Waals surface area contributed by atoms with Crippen LogP contribution < -0.4 is 5.32 Å². The minimum Gasteiger partial charge on any atom is -0.452 e. The van der Waals surface area contributed by atoms with Gasteiger partial charge in [-0.2, -0.15) is 4.31 Å². The van der Waals surface area contributed by atoms with Crippen molar-refractivity contribution in [1.29, 1.82) is 0 Å². The highest BCUT2D eigenvalue weighted by atomic mass is 32.2. The van der Waals surface area contributed by atoms with Gasteiger partial charge in [0.1, 0.15) is 0 Å². The number of benzene rings is 1. The van der Waals surface area contributed by atoms with Crippen molar-refractivity contribution in [1.82, 2.24) is 9.62 Å². The predicted octanol–water partition coefficient (Wildman–Crippen LogP) is 2.34. The highest BCUT2D eigenvalue weighted by Gasteiger charge is 2.24. The first-order chi connectivity index (χ1) is 12.5. The Balaban J connectivity index is 2.94.